The minimum atomic E-state index is 0.594. The third kappa shape index (κ3) is 3.29. The monoisotopic (exact) mass is 325 g/mol. The van der Waals surface area contributed by atoms with E-state index in [-0.39, 0.29) is 0 Å². The minimum Gasteiger partial charge on any atom is -0.338 e. The maximum Gasteiger partial charge on any atom is 0.245 e. The van der Waals surface area contributed by atoms with Gasteiger partial charge in [0, 0.05) is 20.6 Å². The molecule has 0 spiro atoms. The fourth-order valence-corrected chi connectivity index (χ4v) is 2.79. The molecule has 0 atom stereocenters. The van der Waals surface area contributed by atoms with E-state index < -0.39 is 0 Å². The van der Waals surface area contributed by atoms with Crippen molar-refractivity contribution < 1.29 is 0 Å². The molecular formula is C17H23N7. The van der Waals surface area contributed by atoms with Crippen LogP contribution in [0.25, 0.3) is 0 Å². The maximum atomic E-state index is 4.37. The number of hydrogen-bond donors (Lipinski definition) is 0. The molecule has 0 bridgehead atoms. The lowest BCUT2D eigenvalue weighted by Crippen LogP contribution is -2.22. The van der Waals surface area contributed by atoms with Crippen LogP contribution in [0.2, 0.25) is 0 Å². The number of anilines is 1. The zero-order valence-electron chi connectivity index (χ0n) is 14.9. The summed E-state index contributed by atoms with van der Waals surface area (Å²) in [5.41, 5.74) is 5.90. The van der Waals surface area contributed by atoms with Gasteiger partial charge < -0.3 is 4.90 Å². The average Bonchev–Trinajstić information content (AvgIpc) is 3.10. The van der Waals surface area contributed by atoms with Crippen molar-refractivity contribution in [2.24, 2.45) is 7.05 Å². The molecule has 0 aliphatic carbocycles. The van der Waals surface area contributed by atoms with E-state index >= 15 is 0 Å². The van der Waals surface area contributed by atoms with Crippen LogP contribution in [0.3, 0.4) is 0 Å². The van der Waals surface area contributed by atoms with E-state index in [0.717, 1.165) is 23.9 Å². The highest BCUT2D eigenvalue weighted by Crippen LogP contribution is 2.16. The third-order valence-electron chi connectivity index (χ3n) is 4.26. The van der Waals surface area contributed by atoms with E-state index in [4.69, 9.17) is 0 Å². The van der Waals surface area contributed by atoms with Gasteiger partial charge in [-0.1, -0.05) is 23.3 Å². The molecule has 7 heteroatoms. The Morgan fingerprint density at radius 2 is 1.88 bits per heavy atom. The molecule has 0 saturated heterocycles. The Kier molecular flexibility index (Phi) is 4.33. The van der Waals surface area contributed by atoms with Crippen LogP contribution in [0.4, 0.5) is 5.95 Å². The van der Waals surface area contributed by atoms with Gasteiger partial charge in [-0.05, 0) is 54.0 Å². The minimum absolute atomic E-state index is 0.594. The number of benzene rings is 1. The lowest BCUT2D eigenvalue weighted by molar-refractivity contribution is 0.594. The van der Waals surface area contributed by atoms with Crippen LogP contribution >= 0.6 is 0 Å². The zero-order valence-corrected chi connectivity index (χ0v) is 14.9. The number of aromatic nitrogens is 6. The summed E-state index contributed by atoms with van der Waals surface area (Å²) < 4.78 is 3.67. The molecular weight excluding hydrogens is 302 g/mol. The summed E-state index contributed by atoms with van der Waals surface area (Å²) in [5.74, 6) is 0.743. The van der Waals surface area contributed by atoms with E-state index in [9.17, 15) is 0 Å². The van der Waals surface area contributed by atoms with Crippen LogP contribution in [0.1, 0.15) is 28.1 Å². The molecule has 0 fully saturated rings. The van der Waals surface area contributed by atoms with Crippen molar-refractivity contribution in [2.75, 3.05) is 11.9 Å². The molecule has 3 rings (SSSR count). The van der Waals surface area contributed by atoms with E-state index in [2.05, 4.69) is 63.6 Å². The molecule has 3 aromatic rings. The largest absolute Gasteiger partial charge is 0.338 e. The van der Waals surface area contributed by atoms with Gasteiger partial charge in [0.1, 0.15) is 0 Å². The highest BCUT2D eigenvalue weighted by molar-refractivity contribution is 5.34. The summed E-state index contributed by atoms with van der Waals surface area (Å²) in [6, 6.07) is 8.57. The number of hydrogen-bond acceptors (Lipinski definition) is 5. The van der Waals surface area contributed by atoms with Crippen molar-refractivity contribution in [2.45, 2.75) is 33.9 Å². The van der Waals surface area contributed by atoms with Gasteiger partial charge in [0.05, 0.1) is 17.9 Å². The second-order valence-electron chi connectivity index (χ2n) is 6.31. The van der Waals surface area contributed by atoms with Crippen molar-refractivity contribution in [1.29, 1.82) is 0 Å². The Morgan fingerprint density at radius 3 is 2.54 bits per heavy atom. The quantitative estimate of drug-likeness (QED) is 0.718. The first-order valence-electron chi connectivity index (χ1n) is 7.97. The molecule has 0 radical (unpaired) electrons. The zero-order chi connectivity index (χ0) is 17.3. The number of rotatable bonds is 5. The fourth-order valence-electron chi connectivity index (χ4n) is 2.79. The van der Waals surface area contributed by atoms with Crippen molar-refractivity contribution in [3.8, 4) is 0 Å². The molecule has 126 valence electrons. The molecule has 0 saturated carbocycles. The Hall–Kier alpha value is -2.70. The van der Waals surface area contributed by atoms with Crippen molar-refractivity contribution >= 4 is 5.95 Å². The summed E-state index contributed by atoms with van der Waals surface area (Å²) in [6.45, 7) is 7.59. The third-order valence-corrected chi connectivity index (χ3v) is 4.26. The molecule has 0 aliphatic heterocycles. The van der Waals surface area contributed by atoms with E-state index in [1.807, 2.05) is 25.7 Å². The molecule has 7 nitrogen and oxygen atoms in total. The van der Waals surface area contributed by atoms with Gasteiger partial charge in [0.25, 0.3) is 0 Å². The Morgan fingerprint density at radius 1 is 1.08 bits per heavy atom. The molecule has 2 aromatic heterocycles. The summed E-state index contributed by atoms with van der Waals surface area (Å²) in [7, 11) is 3.94. The molecule has 0 N–H and O–H groups in total. The number of tetrazole rings is 1. The standard InChI is InChI=1S/C17H23N7/c1-12-6-7-15(8-13(12)2)10-22(4)17-18-20-21-24(17)11-16-9-14(3)19-23(16)5/h6-9H,10-11H2,1-5H3. The number of nitrogens with zero attached hydrogens (tertiary/aromatic N) is 7. The average molecular weight is 325 g/mol. The second kappa shape index (κ2) is 6.43. The SMILES string of the molecule is Cc1cc(Cn2nnnc2N(C)Cc2ccc(C)c(C)c2)n(C)n1. The predicted molar refractivity (Wildman–Crippen MR) is 92.9 cm³/mol. The normalized spacial score (nSPS) is 11.0. The van der Waals surface area contributed by atoms with Crippen LogP contribution < -0.4 is 4.90 Å². The smallest absolute Gasteiger partial charge is 0.245 e. The fraction of sp³-hybridized carbons (Fsp3) is 0.412. The molecule has 0 unspecified atom stereocenters. The summed E-state index contributed by atoms with van der Waals surface area (Å²) in [4.78, 5) is 2.06. The lowest BCUT2D eigenvalue weighted by Gasteiger charge is -2.18. The summed E-state index contributed by atoms with van der Waals surface area (Å²) in [6.07, 6.45) is 0. The first-order valence-corrected chi connectivity index (χ1v) is 7.97. The highest BCUT2D eigenvalue weighted by atomic mass is 15.6. The Labute approximate surface area is 141 Å². The summed E-state index contributed by atoms with van der Waals surface area (Å²) >= 11 is 0. The number of aryl methyl sites for hydroxylation is 4. The van der Waals surface area contributed by atoms with Gasteiger partial charge in [0.15, 0.2) is 0 Å². The Balaban J connectivity index is 1.78. The molecule has 1 aromatic carbocycles. The predicted octanol–water partition coefficient (Wildman–Crippen LogP) is 2.02. The first kappa shape index (κ1) is 16.2. The van der Waals surface area contributed by atoms with Crippen LogP contribution in [0, 0.1) is 20.8 Å². The van der Waals surface area contributed by atoms with E-state index in [1.165, 1.54) is 16.7 Å². The van der Waals surface area contributed by atoms with Crippen LogP contribution in [-0.2, 0) is 20.1 Å². The molecule has 24 heavy (non-hydrogen) atoms. The molecule has 0 aliphatic rings. The lowest BCUT2D eigenvalue weighted by atomic mass is 10.1. The van der Waals surface area contributed by atoms with Crippen LogP contribution in [0.5, 0.6) is 0 Å². The summed E-state index contributed by atoms with van der Waals surface area (Å²) in [5, 5.41) is 16.5. The Bertz CT molecular complexity index is 846. The van der Waals surface area contributed by atoms with Crippen LogP contribution in [0.15, 0.2) is 24.3 Å². The van der Waals surface area contributed by atoms with Gasteiger partial charge in [0.2, 0.25) is 5.95 Å². The van der Waals surface area contributed by atoms with Gasteiger partial charge in [-0.15, -0.1) is 0 Å². The maximum absolute atomic E-state index is 4.37. The van der Waals surface area contributed by atoms with Crippen molar-refractivity contribution in [3.05, 3.63) is 52.3 Å². The van der Waals surface area contributed by atoms with Gasteiger partial charge in [-0.2, -0.15) is 5.10 Å². The van der Waals surface area contributed by atoms with Crippen molar-refractivity contribution in [3.63, 3.8) is 0 Å². The van der Waals surface area contributed by atoms with Crippen LogP contribution in [-0.4, -0.2) is 37.0 Å². The first-order chi connectivity index (χ1) is 11.4. The second-order valence-corrected chi connectivity index (χ2v) is 6.31. The molecule has 0 amide bonds. The van der Waals surface area contributed by atoms with Gasteiger partial charge >= 0.3 is 0 Å². The highest BCUT2D eigenvalue weighted by Gasteiger charge is 2.14. The van der Waals surface area contributed by atoms with E-state index in [1.54, 1.807) is 4.68 Å². The van der Waals surface area contributed by atoms with Gasteiger partial charge in [-0.3, -0.25) is 4.68 Å². The van der Waals surface area contributed by atoms with Crippen molar-refractivity contribution in [1.82, 2.24) is 30.0 Å². The molecule has 2 heterocycles. The van der Waals surface area contributed by atoms with E-state index in [0.29, 0.717) is 6.54 Å². The van der Waals surface area contributed by atoms with Gasteiger partial charge in [-0.25, -0.2) is 4.68 Å². The topological polar surface area (TPSA) is 64.7 Å².